The van der Waals surface area contributed by atoms with E-state index in [0.717, 1.165) is 26.2 Å². The topological polar surface area (TPSA) is 23.6 Å². The zero-order valence-corrected chi connectivity index (χ0v) is 11.9. The molecule has 3 nitrogen and oxygen atoms in total. The molecule has 0 saturated carbocycles. The molecule has 1 amide bonds. The predicted octanol–water partition coefficient (Wildman–Crippen LogP) is 2.01. The molecule has 0 aliphatic carbocycles. The lowest BCUT2D eigenvalue weighted by Gasteiger charge is -2.36. The van der Waals surface area contributed by atoms with Crippen LogP contribution in [0, 0.1) is 6.92 Å². The van der Waals surface area contributed by atoms with Crippen LogP contribution in [0.1, 0.15) is 5.56 Å². The summed E-state index contributed by atoms with van der Waals surface area (Å²) in [6.45, 7) is 5.69. The molecule has 0 unspecified atom stereocenters. The summed E-state index contributed by atoms with van der Waals surface area (Å²) < 4.78 is 0. The summed E-state index contributed by atoms with van der Waals surface area (Å²) in [6, 6.07) is 8.44. The third kappa shape index (κ3) is 2.99. The number of piperazine rings is 1. The summed E-state index contributed by atoms with van der Waals surface area (Å²) in [5.74, 6) is 0.872. The third-order valence-corrected chi connectivity index (χ3v) is 3.89. The normalized spacial score (nSPS) is 15.9. The van der Waals surface area contributed by atoms with E-state index in [1.807, 2.05) is 11.2 Å². The van der Waals surface area contributed by atoms with Gasteiger partial charge in [-0.3, -0.25) is 4.79 Å². The fraction of sp³-hybridized carbons (Fsp3) is 0.500. The highest BCUT2D eigenvalue weighted by Crippen LogP contribution is 2.20. The van der Waals surface area contributed by atoms with Gasteiger partial charge in [0.1, 0.15) is 0 Å². The van der Waals surface area contributed by atoms with Gasteiger partial charge >= 0.3 is 0 Å². The highest BCUT2D eigenvalue weighted by Gasteiger charge is 2.21. The fourth-order valence-electron chi connectivity index (χ4n) is 2.33. The average Bonchev–Trinajstić information content (AvgIpc) is 2.40. The molecule has 1 aliphatic heterocycles. The van der Waals surface area contributed by atoms with E-state index in [2.05, 4.69) is 36.1 Å². The average molecular weight is 264 g/mol. The molecule has 1 aromatic carbocycles. The van der Waals surface area contributed by atoms with Crippen molar-refractivity contribution in [2.75, 3.05) is 43.1 Å². The highest BCUT2D eigenvalue weighted by atomic mass is 32.2. The lowest BCUT2D eigenvalue weighted by atomic mass is 10.1. The molecule has 0 atom stereocenters. The zero-order valence-electron chi connectivity index (χ0n) is 11.1. The minimum absolute atomic E-state index is 0.270. The van der Waals surface area contributed by atoms with Gasteiger partial charge in [-0.25, -0.2) is 0 Å². The van der Waals surface area contributed by atoms with Crippen LogP contribution in [0.5, 0.6) is 0 Å². The lowest BCUT2D eigenvalue weighted by molar-refractivity contribution is -0.128. The van der Waals surface area contributed by atoms with Gasteiger partial charge in [-0.05, 0) is 24.8 Å². The largest absolute Gasteiger partial charge is 0.368 e. The molecule has 0 radical (unpaired) electrons. The molecule has 1 fully saturated rings. The molecule has 0 N–H and O–H groups in total. The van der Waals surface area contributed by atoms with Crippen molar-refractivity contribution in [3.05, 3.63) is 29.8 Å². The van der Waals surface area contributed by atoms with E-state index in [0.29, 0.717) is 5.75 Å². The number of carbonyl (C=O) groups excluding carboxylic acids is 1. The Morgan fingerprint density at radius 3 is 2.50 bits per heavy atom. The second-order valence-electron chi connectivity index (χ2n) is 4.59. The van der Waals surface area contributed by atoms with Gasteiger partial charge in [0.2, 0.25) is 5.91 Å². The van der Waals surface area contributed by atoms with Crippen molar-refractivity contribution in [2.45, 2.75) is 6.92 Å². The molecule has 18 heavy (non-hydrogen) atoms. The Hall–Kier alpha value is -1.16. The predicted molar refractivity (Wildman–Crippen MR) is 78.4 cm³/mol. The second-order valence-corrected chi connectivity index (χ2v) is 5.45. The first-order chi connectivity index (χ1) is 8.72. The van der Waals surface area contributed by atoms with Crippen molar-refractivity contribution in [1.29, 1.82) is 0 Å². The number of amides is 1. The Morgan fingerprint density at radius 1 is 1.22 bits per heavy atom. The number of hydrogen-bond donors (Lipinski definition) is 0. The molecular formula is C14H20N2OS. The minimum atomic E-state index is 0.270. The molecule has 2 rings (SSSR count). The number of aryl methyl sites for hydroxylation is 1. The van der Waals surface area contributed by atoms with Crippen molar-refractivity contribution < 1.29 is 4.79 Å². The molecule has 1 saturated heterocycles. The number of carbonyl (C=O) groups is 1. The van der Waals surface area contributed by atoms with Crippen LogP contribution in [0.3, 0.4) is 0 Å². The number of thioether (sulfide) groups is 1. The maximum atomic E-state index is 11.8. The molecular weight excluding hydrogens is 244 g/mol. The Balaban J connectivity index is 1.95. The van der Waals surface area contributed by atoms with E-state index < -0.39 is 0 Å². The smallest absolute Gasteiger partial charge is 0.232 e. The monoisotopic (exact) mass is 264 g/mol. The Bertz CT molecular complexity index is 414. The summed E-state index contributed by atoms with van der Waals surface area (Å²) in [5.41, 5.74) is 2.61. The van der Waals surface area contributed by atoms with Gasteiger partial charge in [0, 0.05) is 31.9 Å². The number of hydrogen-bond acceptors (Lipinski definition) is 3. The van der Waals surface area contributed by atoms with Crippen molar-refractivity contribution in [3.8, 4) is 0 Å². The summed E-state index contributed by atoms with van der Waals surface area (Å²) >= 11 is 1.60. The van der Waals surface area contributed by atoms with Crippen LogP contribution in [0.15, 0.2) is 24.3 Å². The Morgan fingerprint density at radius 2 is 1.89 bits per heavy atom. The number of anilines is 1. The first-order valence-corrected chi connectivity index (χ1v) is 7.69. The molecule has 1 aromatic rings. The van der Waals surface area contributed by atoms with Crippen LogP contribution in [-0.4, -0.2) is 49.0 Å². The quantitative estimate of drug-likeness (QED) is 0.834. The van der Waals surface area contributed by atoms with E-state index in [9.17, 15) is 4.79 Å². The van der Waals surface area contributed by atoms with Crippen molar-refractivity contribution in [3.63, 3.8) is 0 Å². The van der Waals surface area contributed by atoms with Crippen LogP contribution in [0.4, 0.5) is 5.69 Å². The molecule has 4 heteroatoms. The SMILES string of the molecule is CSCC(=O)N1CCN(c2ccccc2C)CC1. The fourth-order valence-corrected chi connectivity index (χ4v) is 2.76. The van der Waals surface area contributed by atoms with Gasteiger partial charge in [0.15, 0.2) is 0 Å². The second kappa shape index (κ2) is 6.14. The third-order valence-electron chi connectivity index (χ3n) is 3.36. The first kappa shape index (κ1) is 13.3. The summed E-state index contributed by atoms with van der Waals surface area (Å²) in [6.07, 6.45) is 1.97. The van der Waals surface area contributed by atoms with Crippen LogP contribution in [-0.2, 0) is 4.79 Å². The molecule has 0 spiro atoms. The van der Waals surface area contributed by atoms with Crippen LogP contribution >= 0.6 is 11.8 Å². The zero-order chi connectivity index (χ0) is 13.0. The molecule has 1 heterocycles. The van der Waals surface area contributed by atoms with Crippen LogP contribution in [0.2, 0.25) is 0 Å². The number of rotatable bonds is 3. The van der Waals surface area contributed by atoms with E-state index in [1.165, 1.54) is 11.3 Å². The number of nitrogens with zero attached hydrogens (tertiary/aromatic N) is 2. The van der Waals surface area contributed by atoms with Gasteiger partial charge in [-0.2, -0.15) is 11.8 Å². The van der Waals surface area contributed by atoms with Gasteiger partial charge in [-0.15, -0.1) is 0 Å². The maximum absolute atomic E-state index is 11.8. The standard InChI is InChI=1S/C14H20N2OS/c1-12-5-3-4-6-13(12)15-7-9-16(10-8-15)14(17)11-18-2/h3-6H,7-11H2,1-2H3. The summed E-state index contributed by atoms with van der Waals surface area (Å²) in [5, 5.41) is 0. The highest BCUT2D eigenvalue weighted by molar-refractivity contribution is 7.99. The van der Waals surface area contributed by atoms with Crippen molar-refractivity contribution in [1.82, 2.24) is 4.90 Å². The van der Waals surface area contributed by atoms with Crippen LogP contribution in [0.25, 0.3) is 0 Å². The van der Waals surface area contributed by atoms with Gasteiger partial charge in [0.05, 0.1) is 5.75 Å². The minimum Gasteiger partial charge on any atom is -0.368 e. The van der Waals surface area contributed by atoms with Gasteiger partial charge in [0.25, 0.3) is 0 Å². The number of para-hydroxylation sites is 1. The molecule has 0 aromatic heterocycles. The summed E-state index contributed by atoms with van der Waals surface area (Å²) in [4.78, 5) is 16.1. The lowest BCUT2D eigenvalue weighted by Crippen LogP contribution is -2.49. The molecule has 0 bridgehead atoms. The maximum Gasteiger partial charge on any atom is 0.232 e. The van der Waals surface area contributed by atoms with Gasteiger partial charge in [-0.1, -0.05) is 18.2 Å². The summed E-state index contributed by atoms with van der Waals surface area (Å²) in [7, 11) is 0. The molecule has 98 valence electrons. The van der Waals surface area contributed by atoms with E-state index in [1.54, 1.807) is 11.8 Å². The number of benzene rings is 1. The Kier molecular flexibility index (Phi) is 4.53. The van der Waals surface area contributed by atoms with Crippen molar-refractivity contribution in [2.24, 2.45) is 0 Å². The van der Waals surface area contributed by atoms with E-state index in [4.69, 9.17) is 0 Å². The van der Waals surface area contributed by atoms with Gasteiger partial charge < -0.3 is 9.80 Å². The molecule has 1 aliphatic rings. The van der Waals surface area contributed by atoms with Crippen LogP contribution < -0.4 is 4.90 Å². The van der Waals surface area contributed by atoms with E-state index >= 15 is 0 Å². The first-order valence-electron chi connectivity index (χ1n) is 6.29. The van der Waals surface area contributed by atoms with E-state index in [-0.39, 0.29) is 5.91 Å². The Labute approximate surface area is 113 Å². The van der Waals surface area contributed by atoms with Crippen molar-refractivity contribution >= 4 is 23.4 Å².